The van der Waals surface area contributed by atoms with Crippen LogP contribution in [0.25, 0.3) is 0 Å². The van der Waals surface area contributed by atoms with E-state index < -0.39 is 0 Å². The molecule has 4 unspecified atom stereocenters. The quantitative estimate of drug-likeness (QED) is 0.420. The van der Waals surface area contributed by atoms with Gasteiger partial charge in [0.1, 0.15) is 6.61 Å². The van der Waals surface area contributed by atoms with E-state index in [4.69, 9.17) is 9.47 Å². The summed E-state index contributed by atoms with van der Waals surface area (Å²) in [6.07, 6.45) is 8.40. The van der Waals surface area contributed by atoms with Crippen LogP contribution in [-0.4, -0.2) is 25.8 Å². The highest BCUT2D eigenvalue weighted by Crippen LogP contribution is 2.61. The van der Waals surface area contributed by atoms with E-state index in [1.165, 1.54) is 38.2 Å². The van der Waals surface area contributed by atoms with Crippen molar-refractivity contribution in [1.29, 1.82) is 0 Å². The lowest BCUT2D eigenvalue weighted by Gasteiger charge is -2.23. The summed E-state index contributed by atoms with van der Waals surface area (Å²) >= 11 is 0. The Balaban J connectivity index is 1.40. The molecule has 4 atom stereocenters. The Morgan fingerprint density at radius 2 is 1.74 bits per heavy atom. The zero-order valence-electron chi connectivity index (χ0n) is 11.6. The molecule has 0 aromatic carbocycles. The molecule has 2 bridgehead atoms. The molecule has 0 aromatic heterocycles. The van der Waals surface area contributed by atoms with Gasteiger partial charge in [-0.15, -0.1) is 0 Å². The van der Waals surface area contributed by atoms with Crippen LogP contribution in [0.15, 0.2) is 12.7 Å². The Morgan fingerprint density at radius 3 is 2.37 bits per heavy atom. The third-order valence-corrected chi connectivity index (χ3v) is 5.61. The normalized spacial score (nSPS) is 39.3. The lowest BCUT2D eigenvalue weighted by Crippen LogP contribution is -2.19. The van der Waals surface area contributed by atoms with Gasteiger partial charge in [-0.1, -0.05) is 13.0 Å². The van der Waals surface area contributed by atoms with Crippen molar-refractivity contribution < 1.29 is 14.3 Å². The van der Waals surface area contributed by atoms with E-state index in [2.05, 4.69) is 6.58 Å². The molecule has 3 fully saturated rings. The Morgan fingerprint density at radius 1 is 1.05 bits per heavy atom. The summed E-state index contributed by atoms with van der Waals surface area (Å²) in [6.45, 7) is 5.10. The minimum absolute atomic E-state index is 0.347. The van der Waals surface area contributed by atoms with Crippen molar-refractivity contribution >= 4 is 5.97 Å². The molecule has 0 aromatic rings. The predicted octanol–water partition coefficient (Wildman–Crippen LogP) is 2.80. The van der Waals surface area contributed by atoms with Crippen LogP contribution in [-0.2, 0) is 14.3 Å². The number of carbonyl (C=O) groups excluding carboxylic acids is 1. The number of hydrogen-bond donors (Lipinski definition) is 0. The molecule has 0 saturated heterocycles. The highest BCUT2D eigenvalue weighted by atomic mass is 16.6. The summed E-state index contributed by atoms with van der Waals surface area (Å²) in [7, 11) is 0. The number of esters is 1. The second-order valence-electron chi connectivity index (χ2n) is 6.27. The maximum atomic E-state index is 10.9. The van der Waals surface area contributed by atoms with Gasteiger partial charge in [0.25, 0.3) is 0 Å². The molecule has 3 rings (SSSR count). The number of rotatable bonds is 6. The summed E-state index contributed by atoms with van der Waals surface area (Å²) in [4.78, 5) is 10.9. The molecule has 3 nitrogen and oxygen atoms in total. The van der Waals surface area contributed by atoms with Gasteiger partial charge in [-0.05, 0) is 55.3 Å². The fourth-order valence-electron chi connectivity index (χ4n) is 5.00. The van der Waals surface area contributed by atoms with Crippen LogP contribution in [0.3, 0.4) is 0 Å². The summed E-state index contributed by atoms with van der Waals surface area (Å²) in [5, 5.41) is 0. The van der Waals surface area contributed by atoms with Crippen LogP contribution < -0.4 is 0 Å². The van der Waals surface area contributed by atoms with Crippen molar-refractivity contribution in [2.45, 2.75) is 32.1 Å². The lowest BCUT2D eigenvalue weighted by molar-refractivity contribution is -0.139. The molecule has 106 valence electrons. The van der Waals surface area contributed by atoms with E-state index in [-0.39, 0.29) is 5.97 Å². The van der Waals surface area contributed by atoms with Crippen molar-refractivity contribution in [2.75, 3.05) is 19.8 Å². The van der Waals surface area contributed by atoms with Crippen LogP contribution in [0.4, 0.5) is 0 Å². The van der Waals surface area contributed by atoms with Gasteiger partial charge >= 0.3 is 5.97 Å². The second kappa shape index (κ2) is 5.66. The summed E-state index contributed by atoms with van der Waals surface area (Å²) < 4.78 is 10.7. The van der Waals surface area contributed by atoms with Crippen molar-refractivity contribution in [1.82, 2.24) is 0 Å². The summed E-state index contributed by atoms with van der Waals surface area (Å²) in [6, 6.07) is 0. The first-order valence-electron chi connectivity index (χ1n) is 7.68. The SMILES string of the molecule is C=CC(=O)OCCOCC1C2CCC1C1CCCC12. The molecule has 0 radical (unpaired) electrons. The predicted molar refractivity (Wildman–Crippen MR) is 72.5 cm³/mol. The average molecular weight is 264 g/mol. The van der Waals surface area contributed by atoms with Gasteiger partial charge in [0.05, 0.1) is 13.2 Å². The molecular weight excluding hydrogens is 240 g/mol. The third kappa shape index (κ3) is 2.45. The molecular formula is C16H24O3. The molecule has 0 heterocycles. The van der Waals surface area contributed by atoms with E-state index in [0.717, 1.165) is 36.2 Å². The molecule has 3 aliphatic carbocycles. The first kappa shape index (κ1) is 13.2. The van der Waals surface area contributed by atoms with E-state index in [1.807, 2.05) is 0 Å². The Bertz CT molecular complexity index is 334. The smallest absolute Gasteiger partial charge is 0.330 e. The molecule has 0 N–H and O–H groups in total. The molecule has 0 amide bonds. The summed E-state index contributed by atoms with van der Waals surface area (Å²) in [5.74, 6) is 4.28. The molecule has 3 saturated carbocycles. The number of fused-ring (bicyclic) bond motifs is 5. The first-order chi connectivity index (χ1) is 9.31. The molecule has 0 spiro atoms. The van der Waals surface area contributed by atoms with Crippen molar-refractivity contribution in [3.05, 3.63) is 12.7 Å². The highest BCUT2D eigenvalue weighted by Gasteiger charge is 2.55. The number of carbonyl (C=O) groups is 1. The number of hydrogen-bond acceptors (Lipinski definition) is 3. The van der Waals surface area contributed by atoms with Gasteiger partial charge < -0.3 is 9.47 Å². The van der Waals surface area contributed by atoms with Crippen LogP contribution in [0.1, 0.15) is 32.1 Å². The Hall–Kier alpha value is -0.830. The molecule has 0 aliphatic heterocycles. The number of ether oxygens (including phenoxy) is 2. The fourth-order valence-corrected chi connectivity index (χ4v) is 5.00. The van der Waals surface area contributed by atoms with Gasteiger partial charge in [-0.2, -0.15) is 0 Å². The van der Waals surface area contributed by atoms with Crippen LogP contribution in [0, 0.1) is 29.6 Å². The minimum Gasteiger partial charge on any atom is -0.460 e. The van der Waals surface area contributed by atoms with Gasteiger partial charge in [-0.3, -0.25) is 0 Å². The average Bonchev–Trinajstić information content (AvgIpc) is 3.09. The van der Waals surface area contributed by atoms with Gasteiger partial charge in [0, 0.05) is 6.08 Å². The minimum atomic E-state index is -0.362. The van der Waals surface area contributed by atoms with Gasteiger partial charge in [0.15, 0.2) is 0 Å². The van der Waals surface area contributed by atoms with Crippen molar-refractivity contribution in [3.63, 3.8) is 0 Å². The summed E-state index contributed by atoms with van der Waals surface area (Å²) in [5.41, 5.74) is 0. The highest BCUT2D eigenvalue weighted by molar-refractivity contribution is 5.81. The Labute approximate surface area is 115 Å². The second-order valence-corrected chi connectivity index (χ2v) is 6.27. The fraction of sp³-hybridized carbons (Fsp3) is 0.812. The zero-order valence-corrected chi connectivity index (χ0v) is 11.6. The zero-order chi connectivity index (χ0) is 13.2. The van der Waals surface area contributed by atoms with Gasteiger partial charge in [0.2, 0.25) is 0 Å². The van der Waals surface area contributed by atoms with Crippen LogP contribution in [0.5, 0.6) is 0 Å². The largest absolute Gasteiger partial charge is 0.460 e. The maximum absolute atomic E-state index is 10.9. The van der Waals surface area contributed by atoms with E-state index in [1.54, 1.807) is 0 Å². The van der Waals surface area contributed by atoms with Crippen LogP contribution in [0.2, 0.25) is 0 Å². The Kier molecular flexibility index (Phi) is 3.92. The molecule has 19 heavy (non-hydrogen) atoms. The topological polar surface area (TPSA) is 35.5 Å². The standard InChI is InChI=1S/C16H24O3/c1-2-16(17)19-9-8-18-10-15-13-6-7-14(15)12-5-3-4-11(12)13/h2,11-15H,1,3-10H2. The maximum Gasteiger partial charge on any atom is 0.330 e. The van der Waals surface area contributed by atoms with Crippen molar-refractivity contribution in [2.24, 2.45) is 29.6 Å². The molecule has 3 heteroatoms. The van der Waals surface area contributed by atoms with E-state index in [9.17, 15) is 4.79 Å². The van der Waals surface area contributed by atoms with E-state index >= 15 is 0 Å². The first-order valence-corrected chi connectivity index (χ1v) is 7.68. The van der Waals surface area contributed by atoms with E-state index in [0.29, 0.717) is 13.2 Å². The molecule has 3 aliphatic rings. The lowest BCUT2D eigenvalue weighted by atomic mass is 9.82. The van der Waals surface area contributed by atoms with Gasteiger partial charge in [-0.25, -0.2) is 4.79 Å². The van der Waals surface area contributed by atoms with Crippen molar-refractivity contribution in [3.8, 4) is 0 Å². The monoisotopic (exact) mass is 264 g/mol. The van der Waals surface area contributed by atoms with Crippen LogP contribution >= 0.6 is 0 Å². The third-order valence-electron chi connectivity index (χ3n) is 5.61.